The third-order valence-corrected chi connectivity index (χ3v) is 28.0. The number of carbonyl (C=O) groups excluding carboxylic acids is 6. The summed E-state index contributed by atoms with van der Waals surface area (Å²) in [5.74, 6) is 7.14. The number of carbonyl (C=O) groups is 6. The number of methoxy groups -OCH3 is 1. The van der Waals surface area contributed by atoms with Crippen molar-refractivity contribution in [1.29, 1.82) is 0 Å². The van der Waals surface area contributed by atoms with Crippen LogP contribution in [-0.2, 0) is 28.7 Å². The molecule has 6 aliphatic rings. The van der Waals surface area contributed by atoms with Crippen molar-refractivity contribution in [2.75, 3.05) is 32.9 Å². The van der Waals surface area contributed by atoms with E-state index in [-0.39, 0.29) is 74.5 Å². The second kappa shape index (κ2) is 59.4. The third-order valence-electron chi connectivity index (χ3n) is 28.0. The number of anilines is 1. The summed E-state index contributed by atoms with van der Waals surface area (Å²) in [6.45, 7) is 2.28. The molecule has 5 saturated carbocycles. The summed E-state index contributed by atoms with van der Waals surface area (Å²) >= 11 is 0. The van der Waals surface area contributed by atoms with E-state index in [2.05, 4.69) is 66.0 Å². The molecule has 0 saturated heterocycles. The number of hydrogen-bond acceptors (Lipinski definition) is 33. The standard InChI is InChI=1S/C23H31N3O5.C21H27N3O5.C21H29N3O4.C20H27N3O3.C19H28N6O3/c1-2-30-23(28)18-13-11-17(12-14-18)21-24-22(31-26-21)19(15-20(27)25-29)10-6-9-16-7-4-3-5-8-16;25-19(23-26)12-16(8-4-7-14-5-2-1-3-6-14)21-22-20(24-29-21)15-9-10-17-18(11-15)28-13-27-17;1-27-18-12-10-16(11-13-18)20-22-21(28-24-20)17(14-19(25)23-26)9-5-8-15-6-3-2-4-7-15;24-18(22-25)14-17(13-7-10-15-8-3-1-4-9-15)20-21-19(23-26-20)16-11-5-2-6-12-16;1-20-17-16(21-10-11-22-17)18-23-19(28-25-18)14(12-15(26)24-27)9-5-8-13-6-3-2-4-7-13/h11-14,16,19,29H,2-10,15H2,1H3,(H,25,27);9-11,14,16,26H,1-8,12-13H2,(H,23,25);10-13,15,17,26H,2-9,14H2,1H3,(H,23,25);2,5-6,11-12,15,17,25H,1,3-4,7-10,13-14H2,(H,22,24);10-11,13-14,27H,2-9,12H2,1H3,(H,20,22)(H,24,26)/t19-;16-;2*17-;14-/m11111/s1. The molecule has 38 nitrogen and oxygen atoms in total. The van der Waals surface area contributed by atoms with Gasteiger partial charge < -0.3 is 46.9 Å². The van der Waals surface area contributed by atoms with Gasteiger partial charge in [-0.05, 0) is 123 Å². The molecule has 10 aromatic rings. The van der Waals surface area contributed by atoms with Crippen molar-refractivity contribution < 1.29 is 96.4 Å². The van der Waals surface area contributed by atoms with E-state index in [1.165, 1.54) is 167 Å². The van der Waals surface area contributed by atoms with Gasteiger partial charge in [0.1, 0.15) is 5.75 Å². The second-order valence-electron chi connectivity index (χ2n) is 38.1. The fourth-order valence-electron chi connectivity index (χ4n) is 20.1. The van der Waals surface area contributed by atoms with Crippen molar-refractivity contribution >= 4 is 41.3 Å². The van der Waals surface area contributed by atoms with E-state index >= 15 is 0 Å². The van der Waals surface area contributed by atoms with Crippen molar-refractivity contribution in [2.45, 2.75) is 325 Å². The first-order chi connectivity index (χ1) is 69.5. The Morgan fingerprint density at radius 3 is 1.00 bits per heavy atom. The molecular formula is C104H142N18O20. The van der Waals surface area contributed by atoms with Crippen LogP contribution in [0.15, 0.2) is 132 Å². The minimum Gasteiger partial charge on any atom is -0.497 e. The van der Waals surface area contributed by atoms with Gasteiger partial charge in [-0.2, -0.15) is 24.9 Å². The van der Waals surface area contributed by atoms with Crippen LogP contribution in [0.1, 0.15) is 365 Å². The Balaban J connectivity index is 0.000000159. The number of hydrogen-bond donors (Lipinski definition) is 11. The van der Waals surface area contributed by atoms with E-state index in [1.54, 1.807) is 85.1 Å². The Morgan fingerprint density at radius 1 is 0.366 bits per heavy atom. The lowest BCUT2D eigenvalue weighted by atomic mass is 9.84. The van der Waals surface area contributed by atoms with Crippen LogP contribution in [0.4, 0.5) is 5.82 Å². The van der Waals surface area contributed by atoms with Gasteiger partial charge in [0.25, 0.3) is 0 Å². The molecule has 0 unspecified atom stereocenters. The number of benzene rings is 4. The first-order valence-corrected chi connectivity index (χ1v) is 51.2. The summed E-state index contributed by atoms with van der Waals surface area (Å²) < 4.78 is 48.2. The van der Waals surface area contributed by atoms with Crippen molar-refractivity contribution in [3.05, 3.63) is 144 Å². The summed E-state index contributed by atoms with van der Waals surface area (Å²) in [5.41, 5.74) is 12.7. The largest absolute Gasteiger partial charge is 0.497 e. The minimum atomic E-state index is -0.471. The van der Waals surface area contributed by atoms with E-state index in [1.807, 2.05) is 72.8 Å². The van der Waals surface area contributed by atoms with Gasteiger partial charge in [0.2, 0.25) is 94.9 Å². The Labute approximate surface area is 828 Å². The van der Waals surface area contributed by atoms with Crippen LogP contribution in [-0.4, -0.2) is 150 Å². The van der Waals surface area contributed by atoms with Gasteiger partial charge in [0, 0.05) is 103 Å². The first-order valence-electron chi connectivity index (χ1n) is 51.2. The highest BCUT2D eigenvalue weighted by Crippen LogP contribution is 2.41. The van der Waals surface area contributed by atoms with E-state index in [4.69, 9.17) is 67.6 Å². The molecule has 142 heavy (non-hydrogen) atoms. The Hall–Kier alpha value is -12.5. The molecule has 5 fully saturated rings. The highest BCUT2D eigenvalue weighted by atomic mass is 16.7. The highest BCUT2D eigenvalue weighted by molar-refractivity contribution is 5.90. The summed E-state index contributed by atoms with van der Waals surface area (Å²) in [4.78, 5) is 102. The number of rotatable bonds is 44. The Morgan fingerprint density at radius 2 is 0.669 bits per heavy atom. The number of nitrogens with zero attached hydrogens (tertiary/aromatic N) is 12. The normalized spacial score (nSPS) is 16.2. The molecule has 0 bridgehead atoms. The van der Waals surface area contributed by atoms with Crippen LogP contribution in [0, 0.1) is 29.6 Å². The molecule has 7 heterocycles. The molecule has 5 atom stereocenters. The maximum Gasteiger partial charge on any atom is 0.338 e. The van der Waals surface area contributed by atoms with Gasteiger partial charge in [-0.25, -0.2) is 42.2 Å². The number of ether oxygens (including phenoxy) is 4. The van der Waals surface area contributed by atoms with Crippen LogP contribution in [0.3, 0.4) is 0 Å². The molecule has 5 aliphatic carbocycles. The number of nitrogens with one attached hydrogen (secondary N) is 6. The molecule has 6 aromatic heterocycles. The predicted octanol–water partition coefficient (Wildman–Crippen LogP) is 21.1. The van der Waals surface area contributed by atoms with Gasteiger partial charge in [-0.15, -0.1) is 0 Å². The number of esters is 1. The number of fused-ring (bicyclic) bond motifs is 1. The second-order valence-corrected chi connectivity index (χ2v) is 38.1. The monoisotopic (exact) mass is 1960 g/mol. The van der Waals surface area contributed by atoms with E-state index in [9.17, 15) is 28.8 Å². The summed E-state index contributed by atoms with van der Waals surface area (Å²) in [6, 6.07) is 29.3. The molecule has 11 N–H and O–H groups in total. The number of amides is 5. The minimum absolute atomic E-state index is 0.0879. The van der Waals surface area contributed by atoms with Crippen LogP contribution in [0.5, 0.6) is 17.2 Å². The third kappa shape index (κ3) is 35.0. The molecule has 768 valence electrons. The van der Waals surface area contributed by atoms with Crippen molar-refractivity contribution in [2.24, 2.45) is 29.6 Å². The van der Waals surface area contributed by atoms with Gasteiger partial charge in [0.05, 0.1) is 19.3 Å². The Bertz CT molecular complexity index is 5370. The molecule has 5 amide bonds. The zero-order valence-corrected chi connectivity index (χ0v) is 82.1. The van der Waals surface area contributed by atoms with Gasteiger partial charge in [-0.3, -0.25) is 50.0 Å². The molecular weight excluding hydrogens is 1820 g/mol. The maximum absolute atomic E-state index is 11.8. The van der Waals surface area contributed by atoms with E-state index < -0.39 is 29.5 Å². The summed E-state index contributed by atoms with van der Waals surface area (Å²) in [7, 11) is 3.36. The first kappa shape index (κ1) is 108. The van der Waals surface area contributed by atoms with Gasteiger partial charge >= 0.3 is 5.97 Å². The molecule has 38 heteroatoms. The lowest BCUT2D eigenvalue weighted by Crippen LogP contribution is -2.21. The van der Waals surface area contributed by atoms with Crippen molar-refractivity contribution in [3.63, 3.8) is 0 Å². The fraction of sp³-hybridized carbons (Fsp3) is 0.577. The smallest absolute Gasteiger partial charge is 0.338 e. The average Bonchev–Trinajstić information content (AvgIpc) is 1.68. The number of aromatic nitrogens is 12. The summed E-state index contributed by atoms with van der Waals surface area (Å²) in [5, 5.41) is 67.8. The summed E-state index contributed by atoms with van der Waals surface area (Å²) in [6.07, 6.45) is 51.4. The Kier molecular flexibility index (Phi) is 45.3. The van der Waals surface area contributed by atoms with Gasteiger partial charge in [-0.1, -0.05) is 293 Å². The zero-order valence-electron chi connectivity index (χ0n) is 82.1. The topological polar surface area (TPSA) is 533 Å². The SMILES string of the molecule is CCOC(=O)c1ccc(-c2noc([C@H](CCCC3CCCCC3)CC(=O)NO)n2)cc1.CNc1nccnc1-c1noc([C@H](CCCC2CCCCC2)CC(=O)NO)n1.COc1ccc(-c2noc([C@H](CCCC3CCCCC3)CC(=O)NO)n2)cc1.O=C(C[C@@H](CCCC1CCCCC1)c1nc(-c2ccc3c(c2)OCO3)no1)NO.O=C(C[C@@H](CCCC1CCCCC1)c1nc(-c2ccccc2)no1)NO. The van der Waals surface area contributed by atoms with Crippen LogP contribution >= 0.6 is 0 Å². The van der Waals surface area contributed by atoms with Crippen molar-refractivity contribution in [1.82, 2.24) is 88.1 Å². The molecule has 0 radical (unpaired) electrons. The van der Waals surface area contributed by atoms with Crippen LogP contribution < -0.4 is 46.9 Å². The predicted molar refractivity (Wildman–Crippen MR) is 521 cm³/mol. The van der Waals surface area contributed by atoms with Crippen LogP contribution in [0.2, 0.25) is 0 Å². The number of hydroxylamine groups is 5. The molecule has 4 aromatic carbocycles. The maximum atomic E-state index is 11.8. The molecule has 0 spiro atoms. The van der Waals surface area contributed by atoms with E-state index in [0.717, 1.165) is 142 Å². The van der Waals surface area contributed by atoms with Crippen LogP contribution in [0.25, 0.3) is 57.1 Å². The average molecular weight is 1960 g/mol. The molecule has 16 rings (SSSR count). The zero-order chi connectivity index (χ0) is 99.8. The lowest BCUT2D eigenvalue weighted by Gasteiger charge is -2.22. The highest BCUT2D eigenvalue weighted by Gasteiger charge is 2.32. The lowest BCUT2D eigenvalue weighted by molar-refractivity contribution is -0.130. The van der Waals surface area contributed by atoms with Gasteiger partial charge in [0.15, 0.2) is 23.0 Å². The van der Waals surface area contributed by atoms with E-state index in [0.29, 0.717) is 99.3 Å². The molecule has 1 aliphatic heterocycles. The fourth-order valence-corrected chi connectivity index (χ4v) is 20.1. The van der Waals surface area contributed by atoms with Crippen molar-refractivity contribution in [3.8, 4) is 74.3 Å². The quantitative estimate of drug-likeness (QED) is 0.00959.